The molecule has 0 spiro atoms. The number of benzene rings is 2. The Hall–Kier alpha value is -6.38. The van der Waals surface area contributed by atoms with Crippen LogP contribution in [0.15, 0.2) is 60.9 Å². The number of ether oxygens (including phenoxy) is 4. The Morgan fingerprint density at radius 1 is 0.822 bits per heavy atom. The van der Waals surface area contributed by atoms with E-state index in [1.807, 2.05) is 43.0 Å². The summed E-state index contributed by atoms with van der Waals surface area (Å²) in [6.07, 6.45) is 11.1. The van der Waals surface area contributed by atoms with E-state index in [1.165, 1.54) is 25.2 Å². The molecule has 4 amide bonds. The summed E-state index contributed by atoms with van der Waals surface area (Å²) < 4.78 is 41.4. The molecule has 5 atom stereocenters. The number of aromatic nitrogens is 5. The molecule has 1 aliphatic carbocycles. The Bertz CT molecular complexity index is 3100. The van der Waals surface area contributed by atoms with Crippen LogP contribution in [0.2, 0.25) is 0 Å². The number of methoxy groups -OCH3 is 2. The topological polar surface area (TPSA) is 198 Å². The minimum absolute atomic E-state index is 0.0828. The van der Waals surface area contributed by atoms with Crippen molar-refractivity contribution in [1.29, 1.82) is 0 Å². The van der Waals surface area contributed by atoms with Crippen LogP contribution >= 0.6 is 21.4 Å². The number of imidazole rings is 2. The number of nitrogens with one attached hydrogen (secondary N) is 4. The molecule has 5 aliphatic rings. The molecular weight excluding hydrogens is 974 g/mol. The SMILES string of the molecule is COC(=O)NC(C(=O)N1CS(C)(C)C[C@H]1c1ncc(-c2ccc3c(c2)cc2n3[C@H](c3ccc(C4CC4)s3)Oc3cc(-c4cnc([C@@H]5CCCN5C(=O)[C@@H](NC(=O)OC)C(C)C)[nH]4)cc(F)c3-2)[nH]1)C1CCOCC1. The lowest BCUT2D eigenvalue weighted by Crippen LogP contribution is -2.53. The van der Waals surface area contributed by atoms with Crippen molar-refractivity contribution < 1.29 is 42.5 Å². The van der Waals surface area contributed by atoms with E-state index >= 15 is 4.39 Å². The lowest BCUT2D eigenvalue weighted by molar-refractivity contribution is -0.136. The summed E-state index contributed by atoms with van der Waals surface area (Å²) in [4.78, 5) is 75.7. The molecule has 17 nitrogen and oxygen atoms in total. The molecule has 386 valence electrons. The first-order valence-electron chi connectivity index (χ1n) is 25.1. The maximum absolute atomic E-state index is 17.0. The summed E-state index contributed by atoms with van der Waals surface area (Å²) in [5, 5.41) is 6.44. The zero-order valence-electron chi connectivity index (χ0n) is 41.9. The number of carbonyl (C=O) groups is 4. The average molecular weight is 1040 g/mol. The number of fused-ring (bicyclic) bond motifs is 5. The quantitative estimate of drug-likeness (QED) is 0.0917. The molecule has 2 aromatic carbocycles. The van der Waals surface area contributed by atoms with Crippen LogP contribution in [0.25, 0.3) is 44.7 Å². The summed E-state index contributed by atoms with van der Waals surface area (Å²) in [5.41, 5.74) is 4.70. The average Bonchev–Trinajstić information content (AvgIpc) is 4.07. The summed E-state index contributed by atoms with van der Waals surface area (Å²) in [5.74, 6) is 2.48. The largest absolute Gasteiger partial charge is 0.464 e. The zero-order valence-corrected chi connectivity index (χ0v) is 43.5. The molecule has 1 unspecified atom stereocenters. The molecule has 11 rings (SSSR count). The molecule has 4 fully saturated rings. The number of carbonyl (C=O) groups excluding carboxylic acids is 4. The number of amides is 4. The highest BCUT2D eigenvalue weighted by atomic mass is 32.3. The van der Waals surface area contributed by atoms with Crippen LogP contribution in [0.5, 0.6) is 5.75 Å². The highest BCUT2D eigenvalue weighted by molar-refractivity contribution is 8.32. The van der Waals surface area contributed by atoms with Gasteiger partial charge in [-0.25, -0.2) is 34.0 Å². The summed E-state index contributed by atoms with van der Waals surface area (Å²) in [6, 6.07) is 13.7. The molecule has 20 heteroatoms. The maximum atomic E-state index is 17.0. The smallest absolute Gasteiger partial charge is 0.407 e. The van der Waals surface area contributed by atoms with E-state index < -0.39 is 46.3 Å². The van der Waals surface area contributed by atoms with Crippen molar-refractivity contribution in [2.24, 2.45) is 11.8 Å². The van der Waals surface area contributed by atoms with Crippen molar-refractivity contribution in [3.05, 3.63) is 88.1 Å². The van der Waals surface area contributed by atoms with E-state index in [0.717, 1.165) is 52.1 Å². The van der Waals surface area contributed by atoms with E-state index in [0.29, 0.717) is 90.7 Å². The van der Waals surface area contributed by atoms with E-state index in [-0.39, 0.29) is 35.7 Å². The predicted molar refractivity (Wildman–Crippen MR) is 277 cm³/mol. The molecule has 1 saturated carbocycles. The van der Waals surface area contributed by atoms with Gasteiger partial charge in [-0.1, -0.05) is 19.9 Å². The molecule has 0 radical (unpaired) electrons. The number of rotatable bonds is 12. The second kappa shape index (κ2) is 19.5. The minimum Gasteiger partial charge on any atom is -0.464 e. The van der Waals surface area contributed by atoms with Crippen molar-refractivity contribution in [2.75, 3.05) is 58.1 Å². The van der Waals surface area contributed by atoms with Crippen LogP contribution in [0.4, 0.5) is 14.0 Å². The van der Waals surface area contributed by atoms with Crippen molar-refractivity contribution in [1.82, 2.24) is 44.9 Å². The first kappa shape index (κ1) is 48.9. The number of alkyl carbamates (subject to hydrolysis) is 2. The summed E-state index contributed by atoms with van der Waals surface area (Å²) in [6.45, 7) is 5.32. The van der Waals surface area contributed by atoms with Crippen molar-refractivity contribution in [3.63, 3.8) is 0 Å². The number of aromatic amines is 2. The molecule has 4 aromatic heterocycles. The second-order valence-electron chi connectivity index (χ2n) is 20.9. The molecular formula is C53H62FN9O8S2. The number of hydrogen-bond acceptors (Lipinski definition) is 11. The Morgan fingerprint density at radius 3 is 2.23 bits per heavy atom. The maximum Gasteiger partial charge on any atom is 0.407 e. The van der Waals surface area contributed by atoms with Gasteiger partial charge in [0.1, 0.15) is 35.3 Å². The van der Waals surface area contributed by atoms with Crippen molar-refractivity contribution >= 4 is 56.3 Å². The number of nitrogens with zero attached hydrogens (tertiary/aromatic N) is 5. The van der Waals surface area contributed by atoms with Gasteiger partial charge in [0.05, 0.1) is 77.6 Å². The number of hydrogen-bond donors (Lipinski definition) is 4. The fourth-order valence-electron chi connectivity index (χ4n) is 11.1. The monoisotopic (exact) mass is 1040 g/mol. The van der Waals surface area contributed by atoms with Crippen LogP contribution < -0.4 is 15.4 Å². The standard InChI is InChI=1S/C53H62FN9O8S2/c1-28(2)45(59-52(66)68-3)49(64)61-17-7-8-38(61)47-55-25-36(58-47)32-21-34(54)44-39-22-33-20-31(11-12-37(33)63(39)51(71-41(44)23-32)43-14-13-42(72-43)29-9-10-29)35-24-56-48(57-35)40-26-73(5,6)27-62(40)50(65)46(60-53(67)69-4)30-15-18-70-19-16-30/h11-14,20-25,28-30,38,40,45-46,51H,7-10,15-19,26-27H2,1-6H3,(H,55,58)(H,56,57)(H,59,66)(H,60,67)/t38-,40-,45-,46?,51-/m0/s1. The van der Waals surface area contributed by atoms with Gasteiger partial charge in [0, 0.05) is 46.9 Å². The number of thiophene rings is 1. The lowest BCUT2D eigenvalue weighted by Gasteiger charge is -2.34. The van der Waals surface area contributed by atoms with Gasteiger partial charge in [-0.05, 0) is 111 Å². The first-order chi connectivity index (χ1) is 35.2. The van der Waals surface area contributed by atoms with E-state index in [2.05, 4.69) is 55.9 Å². The lowest BCUT2D eigenvalue weighted by atomic mass is 9.90. The molecule has 8 heterocycles. The number of H-pyrrole nitrogens is 2. The third-order valence-corrected chi connectivity index (χ3v) is 18.6. The van der Waals surface area contributed by atoms with Crippen LogP contribution in [0.1, 0.15) is 98.0 Å². The van der Waals surface area contributed by atoms with Crippen LogP contribution in [0.3, 0.4) is 0 Å². The van der Waals surface area contributed by atoms with E-state index in [9.17, 15) is 19.2 Å². The van der Waals surface area contributed by atoms with Gasteiger partial charge in [0.25, 0.3) is 0 Å². The fraction of sp³-hybridized carbons (Fsp3) is 0.472. The molecule has 73 heavy (non-hydrogen) atoms. The van der Waals surface area contributed by atoms with Gasteiger partial charge in [-0.2, -0.15) is 0 Å². The van der Waals surface area contributed by atoms with Crippen molar-refractivity contribution in [2.45, 2.75) is 88.7 Å². The highest BCUT2D eigenvalue weighted by Crippen LogP contribution is 2.53. The van der Waals surface area contributed by atoms with Gasteiger partial charge in [0.15, 0.2) is 0 Å². The Morgan fingerprint density at radius 2 is 1.52 bits per heavy atom. The van der Waals surface area contributed by atoms with Crippen molar-refractivity contribution in [3.8, 4) is 39.5 Å². The molecule has 4 aliphatic heterocycles. The minimum atomic E-state index is -1.21. The van der Waals surface area contributed by atoms with Gasteiger partial charge < -0.3 is 49.3 Å². The third kappa shape index (κ3) is 9.34. The van der Waals surface area contributed by atoms with Gasteiger partial charge in [0.2, 0.25) is 18.0 Å². The summed E-state index contributed by atoms with van der Waals surface area (Å²) >= 11 is 1.73. The van der Waals surface area contributed by atoms with Gasteiger partial charge in [-0.15, -0.1) is 11.3 Å². The van der Waals surface area contributed by atoms with E-state index in [4.69, 9.17) is 28.9 Å². The van der Waals surface area contributed by atoms with Crippen LogP contribution in [-0.2, 0) is 23.8 Å². The zero-order chi connectivity index (χ0) is 50.9. The normalized spacial score (nSPS) is 21.8. The molecule has 3 saturated heterocycles. The first-order valence-corrected chi connectivity index (χ1v) is 28.7. The van der Waals surface area contributed by atoms with Crippen LogP contribution in [-0.4, -0.2) is 129 Å². The Balaban J connectivity index is 0.907. The fourth-order valence-corrected chi connectivity index (χ4v) is 14.7. The van der Waals surface area contributed by atoms with Gasteiger partial charge in [-0.3, -0.25) is 14.2 Å². The second-order valence-corrected chi connectivity index (χ2v) is 26.1. The van der Waals surface area contributed by atoms with E-state index in [1.54, 1.807) is 28.6 Å². The predicted octanol–water partition coefficient (Wildman–Crippen LogP) is 9.21. The Labute approximate surface area is 428 Å². The third-order valence-electron chi connectivity index (χ3n) is 15.1. The molecule has 6 aromatic rings. The number of halogens is 1. The van der Waals surface area contributed by atoms with Crippen LogP contribution in [0, 0.1) is 17.7 Å². The highest BCUT2D eigenvalue weighted by Gasteiger charge is 2.45. The summed E-state index contributed by atoms with van der Waals surface area (Å²) in [7, 11) is 1.36. The Kier molecular flexibility index (Phi) is 13.0. The molecule has 0 bridgehead atoms. The molecule has 4 N–H and O–H groups in total. The number of likely N-dealkylation sites (tertiary alicyclic amines) is 1. The van der Waals surface area contributed by atoms with Gasteiger partial charge >= 0.3 is 12.2 Å².